The molecule has 1 aliphatic heterocycles. The maximum atomic E-state index is 13.6. The van der Waals surface area contributed by atoms with Gasteiger partial charge in [-0.2, -0.15) is 0 Å². The molecule has 5 rings (SSSR count). The number of piperidine rings is 1. The smallest absolute Gasteiger partial charge is 0.223 e. The lowest BCUT2D eigenvalue weighted by atomic mass is 9.84. The van der Waals surface area contributed by atoms with E-state index >= 15 is 0 Å². The molecule has 188 valence electrons. The monoisotopic (exact) mass is 491 g/mol. The molecule has 0 bridgehead atoms. The summed E-state index contributed by atoms with van der Waals surface area (Å²) >= 11 is 0. The third kappa shape index (κ3) is 5.17. The van der Waals surface area contributed by atoms with Crippen molar-refractivity contribution in [3.8, 4) is 11.1 Å². The number of nitrogens with zero attached hydrogens (tertiary/aromatic N) is 3. The second-order valence-electron chi connectivity index (χ2n) is 9.81. The summed E-state index contributed by atoms with van der Waals surface area (Å²) in [5, 5.41) is 3.31. The summed E-state index contributed by atoms with van der Waals surface area (Å²) in [7, 11) is 0. The summed E-state index contributed by atoms with van der Waals surface area (Å²) < 4.78 is 27.1. The Labute approximate surface area is 209 Å². The van der Waals surface area contributed by atoms with Crippen LogP contribution < -0.4 is 16.0 Å². The first kappa shape index (κ1) is 24.2. The van der Waals surface area contributed by atoms with Crippen LogP contribution in [0.15, 0.2) is 54.9 Å². The largest absolute Gasteiger partial charge is 0.383 e. The Kier molecular flexibility index (Phi) is 7.11. The molecule has 2 heterocycles. The molecule has 1 atom stereocenters. The van der Waals surface area contributed by atoms with Gasteiger partial charge in [0, 0.05) is 19.0 Å². The molecule has 1 amide bonds. The molecule has 36 heavy (non-hydrogen) atoms. The van der Waals surface area contributed by atoms with Crippen LogP contribution in [-0.4, -0.2) is 29.0 Å². The predicted octanol–water partition coefficient (Wildman–Crippen LogP) is 5.27. The number of carbonyl (C=O) groups excluding carboxylic acids is 1. The van der Waals surface area contributed by atoms with Crippen LogP contribution in [0.25, 0.3) is 11.1 Å². The van der Waals surface area contributed by atoms with E-state index in [9.17, 15) is 13.6 Å². The fourth-order valence-corrected chi connectivity index (χ4v) is 5.57. The number of benzene rings is 2. The lowest BCUT2D eigenvalue weighted by molar-refractivity contribution is -0.126. The van der Waals surface area contributed by atoms with Gasteiger partial charge in [-0.3, -0.25) is 4.79 Å². The molecule has 2 aromatic carbocycles. The Morgan fingerprint density at radius 3 is 2.17 bits per heavy atom. The summed E-state index contributed by atoms with van der Waals surface area (Å²) in [6.07, 6.45) is 7.14. The minimum atomic E-state index is -0.317. The van der Waals surface area contributed by atoms with E-state index in [1.807, 2.05) is 0 Å². The molecule has 1 saturated heterocycles. The van der Waals surface area contributed by atoms with Crippen LogP contribution in [0.1, 0.15) is 50.1 Å². The van der Waals surface area contributed by atoms with Gasteiger partial charge in [0.25, 0.3) is 0 Å². The molecule has 0 spiro atoms. The van der Waals surface area contributed by atoms with Crippen LogP contribution >= 0.6 is 0 Å². The van der Waals surface area contributed by atoms with Gasteiger partial charge in [0.2, 0.25) is 5.91 Å². The molecule has 1 aliphatic carbocycles. The molecule has 1 saturated carbocycles. The van der Waals surface area contributed by atoms with E-state index in [4.69, 9.17) is 5.73 Å². The number of carbonyl (C=O) groups is 1. The van der Waals surface area contributed by atoms with E-state index in [0.29, 0.717) is 24.5 Å². The third-order valence-corrected chi connectivity index (χ3v) is 7.55. The van der Waals surface area contributed by atoms with Gasteiger partial charge in [-0.15, -0.1) is 0 Å². The highest BCUT2D eigenvalue weighted by molar-refractivity contribution is 5.84. The number of hydrogen-bond donors (Lipinski definition) is 2. The summed E-state index contributed by atoms with van der Waals surface area (Å²) in [6, 6.07) is 12.5. The molecule has 1 unspecified atom stereocenters. The number of amides is 1. The van der Waals surface area contributed by atoms with E-state index in [2.05, 4.69) is 20.2 Å². The molecule has 6 nitrogen and oxygen atoms in total. The van der Waals surface area contributed by atoms with Crippen LogP contribution in [0.4, 0.5) is 20.4 Å². The van der Waals surface area contributed by atoms with Gasteiger partial charge in [0.1, 0.15) is 29.6 Å². The van der Waals surface area contributed by atoms with Crippen molar-refractivity contribution >= 4 is 17.5 Å². The highest BCUT2D eigenvalue weighted by Crippen LogP contribution is 2.38. The highest BCUT2D eigenvalue weighted by atomic mass is 19.1. The number of nitrogens with two attached hydrogens (primary N) is 1. The summed E-state index contributed by atoms with van der Waals surface area (Å²) in [5.41, 5.74) is 8.62. The maximum Gasteiger partial charge on any atom is 0.223 e. The van der Waals surface area contributed by atoms with Crippen LogP contribution in [0.5, 0.6) is 0 Å². The number of aromatic nitrogens is 2. The van der Waals surface area contributed by atoms with Crippen molar-refractivity contribution in [2.45, 2.75) is 44.6 Å². The van der Waals surface area contributed by atoms with Gasteiger partial charge in [0.05, 0.1) is 11.6 Å². The Morgan fingerprint density at radius 2 is 1.53 bits per heavy atom. The molecule has 8 heteroatoms. The second kappa shape index (κ2) is 10.6. The van der Waals surface area contributed by atoms with Crippen molar-refractivity contribution in [2.75, 3.05) is 23.7 Å². The lowest BCUT2D eigenvalue weighted by Gasteiger charge is -2.38. The van der Waals surface area contributed by atoms with Gasteiger partial charge in [0.15, 0.2) is 0 Å². The van der Waals surface area contributed by atoms with Gasteiger partial charge in [-0.1, -0.05) is 37.1 Å². The molecule has 3 N–H and O–H groups in total. The Morgan fingerprint density at radius 1 is 0.917 bits per heavy atom. The van der Waals surface area contributed by atoms with Gasteiger partial charge in [-0.05, 0) is 67.0 Å². The highest BCUT2D eigenvalue weighted by Gasteiger charge is 2.33. The van der Waals surface area contributed by atoms with Crippen molar-refractivity contribution in [2.24, 2.45) is 11.8 Å². The number of nitrogen functional groups attached to an aromatic ring is 1. The minimum absolute atomic E-state index is 0.0651. The van der Waals surface area contributed by atoms with Crippen LogP contribution in [0.3, 0.4) is 0 Å². The van der Waals surface area contributed by atoms with E-state index in [-0.39, 0.29) is 35.4 Å². The van der Waals surface area contributed by atoms with Crippen molar-refractivity contribution in [1.82, 2.24) is 15.3 Å². The van der Waals surface area contributed by atoms with Gasteiger partial charge >= 0.3 is 0 Å². The van der Waals surface area contributed by atoms with Crippen LogP contribution in [0.2, 0.25) is 0 Å². The normalized spacial score (nSPS) is 17.8. The molecule has 2 fully saturated rings. The quantitative estimate of drug-likeness (QED) is 0.491. The molecule has 0 radical (unpaired) electrons. The number of halogens is 2. The Bertz CT molecular complexity index is 1190. The van der Waals surface area contributed by atoms with E-state index in [0.717, 1.165) is 55.5 Å². The van der Waals surface area contributed by atoms with Crippen molar-refractivity contribution in [1.29, 1.82) is 0 Å². The van der Waals surface area contributed by atoms with E-state index in [1.54, 1.807) is 24.3 Å². The first-order valence-corrected chi connectivity index (χ1v) is 12.7. The second-order valence-corrected chi connectivity index (χ2v) is 9.81. The van der Waals surface area contributed by atoms with Gasteiger partial charge in [-0.25, -0.2) is 18.7 Å². The fraction of sp³-hybridized carbons (Fsp3) is 0.393. The molecule has 2 aliphatic rings. The van der Waals surface area contributed by atoms with Gasteiger partial charge < -0.3 is 16.0 Å². The average Bonchev–Trinajstić information content (AvgIpc) is 3.44. The summed E-state index contributed by atoms with van der Waals surface area (Å²) in [6.45, 7) is 1.43. The zero-order valence-corrected chi connectivity index (χ0v) is 20.2. The fourth-order valence-electron chi connectivity index (χ4n) is 5.57. The first-order valence-electron chi connectivity index (χ1n) is 12.7. The van der Waals surface area contributed by atoms with Crippen molar-refractivity contribution in [3.05, 3.63) is 72.1 Å². The standard InChI is InChI=1S/C28H31F2N5O/c29-22-9-5-18(6-10-22)24-26(31)32-17-33-27(24)35-15-13-20(14-16-35)25(19-7-11-23(30)12-8-19)34-28(36)21-3-1-2-4-21/h5-12,17,20-21,25H,1-4,13-16H2,(H,34,36)(H2,31,32,33). The topological polar surface area (TPSA) is 84.1 Å². The predicted molar refractivity (Wildman–Crippen MR) is 136 cm³/mol. The molecule has 1 aromatic heterocycles. The molecule has 3 aromatic rings. The number of rotatable bonds is 6. The first-order chi connectivity index (χ1) is 17.5. The Balaban J connectivity index is 1.35. The molecular weight excluding hydrogens is 460 g/mol. The van der Waals surface area contributed by atoms with Crippen LogP contribution in [-0.2, 0) is 4.79 Å². The lowest BCUT2D eigenvalue weighted by Crippen LogP contribution is -2.42. The third-order valence-electron chi connectivity index (χ3n) is 7.55. The summed E-state index contributed by atoms with van der Waals surface area (Å²) in [5.74, 6) is 0.835. The number of anilines is 2. The molecular formula is C28H31F2N5O. The zero-order valence-electron chi connectivity index (χ0n) is 20.2. The van der Waals surface area contributed by atoms with E-state index in [1.165, 1.54) is 30.6 Å². The number of nitrogens with one attached hydrogen (secondary N) is 1. The maximum absolute atomic E-state index is 13.6. The SMILES string of the molecule is Nc1ncnc(N2CCC(C(NC(=O)C3CCCC3)c3ccc(F)cc3)CC2)c1-c1ccc(F)cc1. The number of hydrogen-bond acceptors (Lipinski definition) is 5. The van der Waals surface area contributed by atoms with E-state index < -0.39 is 0 Å². The average molecular weight is 492 g/mol. The summed E-state index contributed by atoms with van der Waals surface area (Å²) in [4.78, 5) is 23.9. The zero-order chi connectivity index (χ0) is 25.1. The minimum Gasteiger partial charge on any atom is -0.383 e. The Hall–Kier alpha value is -3.55. The van der Waals surface area contributed by atoms with Crippen LogP contribution in [0, 0.1) is 23.5 Å². The van der Waals surface area contributed by atoms with Crippen molar-refractivity contribution in [3.63, 3.8) is 0 Å². The van der Waals surface area contributed by atoms with Crippen molar-refractivity contribution < 1.29 is 13.6 Å².